The van der Waals surface area contributed by atoms with E-state index in [9.17, 15) is 4.79 Å². The minimum Gasteiger partial charge on any atom is -0.372 e. The summed E-state index contributed by atoms with van der Waals surface area (Å²) in [5, 5.41) is 3.03. The Labute approximate surface area is 144 Å². The third kappa shape index (κ3) is 4.23. The first kappa shape index (κ1) is 17.1. The van der Waals surface area contributed by atoms with Gasteiger partial charge in [-0.15, -0.1) is 0 Å². The summed E-state index contributed by atoms with van der Waals surface area (Å²) in [5.41, 5.74) is 0.905. The molecule has 3 heterocycles. The summed E-state index contributed by atoms with van der Waals surface area (Å²) in [7, 11) is 1.84. The average molecular weight is 331 g/mol. The molecule has 0 unspecified atom stereocenters. The van der Waals surface area contributed by atoms with E-state index in [1.54, 1.807) is 12.4 Å². The number of rotatable bonds is 5. The van der Waals surface area contributed by atoms with Gasteiger partial charge in [0.15, 0.2) is 0 Å². The van der Waals surface area contributed by atoms with Gasteiger partial charge in [-0.25, -0.2) is 4.98 Å². The maximum atomic E-state index is 12.7. The molecule has 0 radical (unpaired) electrons. The van der Waals surface area contributed by atoms with Crippen molar-refractivity contribution in [2.75, 3.05) is 38.5 Å². The van der Waals surface area contributed by atoms with Gasteiger partial charge in [-0.05, 0) is 38.8 Å². The van der Waals surface area contributed by atoms with E-state index in [2.05, 4.69) is 20.2 Å². The van der Waals surface area contributed by atoms with Crippen LogP contribution in [0.2, 0.25) is 0 Å². The molecular weight excluding hydrogens is 302 g/mol. The minimum atomic E-state index is 0.0856. The van der Waals surface area contributed by atoms with Gasteiger partial charge in [-0.1, -0.05) is 12.8 Å². The van der Waals surface area contributed by atoms with Crippen molar-refractivity contribution in [3.8, 4) is 0 Å². The van der Waals surface area contributed by atoms with Crippen molar-refractivity contribution < 1.29 is 4.79 Å². The number of nitrogens with zero attached hydrogens (tertiary/aromatic N) is 4. The first-order valence-electron chi connectivity index (χ1n) is 9.29. The van der Waals surface area contributed by atoms with Crippen LogP contribution in [0.15, 0.2) is 12.4 Å². The summed E-state index contributed by atoms with van der Waals surface area (Å²) in [5.74, 6) is 1.02. The van der Waals surface area contributed by atoms with Crippen molar-refractivity contribution in [3.05, 3.63) is 18.1 Å². The molecule has 0 saturated carbocycles. The Bertz CT molecular complexity index is 542. The molecule has 2 aliphatic heterocycles. The number of hydrogen-bond acceptors (Lipinski definition) is 5. The third-order valence-electron chi connectivity index (χ3n) is 5.16. The van der Waals surface area contributed by atoms with E-state index in [4.69, 9.17) is 0 Å². The lowest BCUT2D eigenvalue weighted by Crippen LogP contribution is -2.35. The molecule has 2 saturated heterocycles. The summed E-state index contributed by atoms with van der Waals surface area (Å²) in [4.78, 5) is 26.1. The number of hydrogen-bond donors (Lipinski definition) is 1. The van der Waals surface area contributed by atoms with E-state index in [-0.39, 0.29) is 11.9 Å². The summed E-state index contributed by atoms with van der Waals surface area (Å²) >= 11 is 0. The van der Waals surface area contributed by atoms with Crippen LogP contribution in [0, 0.1) is 0 Å². The normalized spacial score (nSPS) is 22.4. The molecule has 24 heavy (non-hydrogen) atoms. The largest absolute Gasteiger partial charge is 0.372 e. The van der Waals surface area contributed by atoms with E-state index in [0.29, 0.717) is 6.42 Å². The number of carbonyl (C=O) groups excluding carboxylic acids is 1. The fourth-order valence-corrected chi connectivity index (χ4v) is 3.79. The van der Waals surface area contributed by atoms with Gasteiger partial charge in [0.2, 0.25) is 5.91 Å². The van der Waals surface area contributed by atoms with Crippen LogP contribution in [-0.2, 0) is 4.79 Å². The van der Waals surface area contributed by atoms with Crippen molar-refractivity contribution >= 4 is 11.7 Å². The molecule has 1 aromatic rings. The molecule has 0 spiro atoms. The van der Waals surface area contributed by atoms with E-state index >= 15 is 0 Å². The SMILES string of the molecule is CNc1cncc([C@H]2CCCN2C(=O)CCN2CCCCCC2)n1. The number of amides is 1. The lowest BCUT2D eigenvalue weighted by molar-refractivity contribution is -0.132. The Morgan fingerprint density at radius 1 is 1.17 bits per heavy atom. The Morgan fingerprint density at radius 3 is 2.71 bits per heavy atom. The molecule has 2 aliphatic rings. The van der Waals surface area contributed by atoms with Gasteiger partial charge in [-0.3, -0.25) is 9.78 Å². The van der Waals surface area contributed by atoms with Crippen molar-refractivity contribution in [1.82, 2.24) is 19.8 Å². The fourth-order valence-electron chi connectivity index (χ4n) is 3.79. The van der Waals surface area contributed by atoms with Gasteiger partial charge in [0, 0.05) is 26.6 Å². The minimum absolute atomic E-state index is 0.0856. The van der Waals surface area contributed by atoms with E-state index in [1.165, 1.54) is 25.7 Å². The number of carbonyl (C=O) groups is 1. The zero-order valence-electron chi connectivity index (χ0n) is 14.7. The molecule has 6 nitrogen and oxygen atoms in total. The van der Waals surface area contributed by atoms with E-state index in [0.717, 1.165) is 50.5 Å². The van der Waals surface area contributed by atoms with Gasteiger partial charge in [0.1, 0.15) is 5.82 Å². The number of nitrogens with one attached hydrogen (secondary N) is 1. The molecule has 0 aliphatic carbocycles. The number of likely N-dealkylation sites (tertiary alicyclic amines) is 2. The van der Waals surface area contributed by atoms with Crippen LogP contribution >= 0.6 is 0 Å². The number of aromatic nitrogens is 2. The first-order valence-corrected chi connectivity index (χ1v) is 9.29. The molecule has 1 atom stereocenters. The standard InChI is InChI=1S/C18H29N5O/c1-19-17-14-20-13-15(21-17)16-7-6-11-23(16)18(24)8-12-22-9-4-2-3-5-10-22/h13-14,16H,2-12H2,1H3,(H,19,21)/t16-/m1/s1. The molecule has 1 amide bonds. The maximum Gasteiger partial charge on any atom is 0.224 e. The third-order valence-corrected chi connectivity index (χ3v) is 5.16. The predicted molar refractivity (Wildman–Crippen MR) is 94.8 cm³/mol. The second-order valence-corrected chi connectivity index (χ2v) is 6.83. The highest BCUT2D eigenvalue weighted by atomic mass is 16.2. The van der Waals surface area contributed by atoms with Crippen LogP contribution in [0.3, 0.4) is 0 Å². The Balaban J connectivity index is 1.58. The average Bonchev–Trinajstić information content (AvgIpc) is 2.97. The molecule has 0 bridgehead atoms. The summed E-state index contributed by atoms with van der Waals surface area (Å²) in [6.07, 6.45) is 11.4. The molecule has 6 heteroatoms. The lowest BCUT2D eigenvalue weighted by Gasteiger charge is -2.26. The predicted octanol–water partition coefficient (Wildman–Crippen LogP) is 2.45. The topological polar surface area (TPSA) is 61.4 Å². The van der Waals surface area contributed by atoms with Gasteiger partial charge < -0.3 is 15.1 Å². The molecule has 0 aromatic carbocycles. The summed E-state index contributed by atoms with van der Waals surface area (Å²) in [6, 6.07) is 0.0856. The summed E-state index contributed by atoms with van der Waals surface area (Å²) < 4.78 is 0. The smallest absolute Gasteiger partial charge is 0.224 e. The van der Waals surface area contributed by atoms with Gasteiger partial charge in [0.25, 0.3) is 0 Å². The highest BCUT2D eigenvalue weighted by molar-refractivity contribution is 5.77. The zero-order chi connectivity index (χ0) is 16.8. The van der Waals surface area contributed by atoms with Gasteiger partial charge in [0.05, 0.1) is 24.1 Å². The van der Waals surface area contributed by atoms with Crippen molar-refractivity contribution in [2.24, 2.45) is 0 Å². The molecule has 1 aromatic heterocycles. The first-order chi connectivity index (χ1) is 11.8. The molecular formula is C18H29N5O. The van der Waals surface area contributed by atoms with Crippen LogP contribution in [-0.4, -0.2) is 58.9 Å². The highest BCUT2D eigenvalue weighted by Crippen LogP contribution is 2.31. The van der Waals surface area contributed by atoms with Crippen LogP contribution in [0.1, 0.15) is 56.7 Å². The van der Waals surface area contributed by atoms with Gasteiger partial charge >= 0.3 is 0 Å². The zero-order valence-corrected chi connectivity index (χ0v) is 14.7. The maximum absolute atomic E-state index is 12.7. The van der Waals surface area contributed by atoms with Crippen molar-refractivity contribution in [3.63, 3.8) is 0 Å². The quantitative estimate of drug-likeness (QED) is 0.898. The molecule has 1 N–H and O–H groups in total. The van der Waals surface area contributed by atoms with Crippen molar-refractivity contribution in [2.45, 2.75) is 51.0 Å². The number of anilines is 1. The van der Waals surface area contributed by atoms with Crippen LogP contribution in [0.4, 0.5) is 5.82 Å². The van der Waals surface area contributed by atoms with E-state index < -0.39 is 0 Å². The Hall–Kier alpha value is -1.69. The lowest BCUT2D eigenvalue weighted by atomic mass is 10.1. The summed E-state index contributed by atoms with van der Waals surface area (Å²) in [6.45, 7) is 4.03. The Kier molecular flexibility index (Phi) is 6.01. The second-order valence-electron chi connectivity index (χ2n) is 6.83. The van der Waals surface area contributed by atoms with Crippen LogP contribution < -0.4 is 5.32 Å². The van der Waals surface area contributed by atoms with E-state index in [1.807, 2.05) is 11.9 Å². The molecule has 3 rings (SSSR count). The second kappa shape index (κ2) is 8.42. The monoisotopic (exact) mass is 331 g/mol. The molecule has 2 fully saturated rings. The van der Waals surface area contributed by atoms with Crippen molar-refractivity contribution in [1.29, 1.82) is 0 Å². The molecule has 132 valence electrons. The fraction of sp³-hybridized carbons (Fsp3) is 0.722. The Morgan fingerprint density at radius 2 is 1.96 bits per heavy atom. The highest BCUT2D eigenvalue weighted by Gasteiger charge is 2.31. The van der Waals surface area contributed by atoms with Gasteiger partial charge in [-0.2, -0.15) is 0 Å². The van der Waals surface area contributed by atoms with Crippen LogP contribution in [0.25, 0.3) is 0 Å². The van der Waals surface area contributed by atoms with Crippen LogP contribution in [0.5, 0.6) is 0 Å².